The van der Waals surface area contributed by atoms with Crippen molar-refractivity contribution in [2.45, 2.75) is 169 Å². The van der Waals surface area contributed by atoms with Gasteiger partial charge in [0, 0.05) is 298 Å². The van der Waals surface area contributed by atoms with Gasteiger partial charge in [0.25, 0.3) is 12.0 Å². The molecule has 12 aliphatic heterocycles. The summed E-state index contributed by atoms with van der Waals surface area (Å²) in [6.07, 6.45) is 12.7. The number of nitrogens with two attached hydrogens (primary N) is 2. The van der Waals surface area contributed by atoms with E-state index in [9.17, 15) is 0 Å². The zero-order valence-electron chi connectivity index (χ0n) is 82.0. The summed E-state index contributed by atoms with van der Waals surface area (Å²) in [5, 5.41) is 12.8. The molecule has 722 valence electrons. The third kappa shape index (κ3) is 51.9. The van der Waals surface area contributed by atoms with Crippen LogP contribution in [0.2, 0.25) is 0 Å². The molecule has 124 heavy (non-hydrogen) atoms. The number of ether oxygens (including phenoxy) is 2. The molecular weight excluding hydrogens is 1600 g/mol. The lowest BCUT2D eigenvalue weighted by Crippen LogP contribution is -2.44. The Kier molecular flexibility index (Phi) is 71.1. The van der Waals surface area contributed by atoms with Crippen molar-refractivity contribution >= 4 is 93.2 Å². The first-order chi connectivity index (χ1) is 58.7. The number of nitrogens with zero attached hydrogens (tertiary/aromatic N) is 28. The first-order valence-corrected chi connectivity index (χ1v) is 47.9. The molecular formula is C88H186N32O2S2. The molecule has 1 aromatic heterocycles. The summed E-state index contributed by atoms with van der Waals surface area (Å²) in [5.41, 5.74) is 10.8. The van der Waals surface area contributed by atoms with Gasteiger partial charge in [-0.3, -0.25) is 49.6 Å². The Morgan fingerprint density at radius 3 is 1.19 bits per heavy atom. The van der Waals surface area contributed by atoms with Gasteiger partial charge >= 0.3 is 0 Å². The van der Waals surface area contributed by atoms with Crippen molar-refractivity contribution in [1.29, 1.82) is 0 Å². The van der Waals surface area contributed by atoms with Gasteiger partial charge in [0.2, 0.25) is 0 Å². The lowest BCUT2D eigenvalue weighted by atomic mass is 10.2. The fourth-order valence-electron chi connectivity index (χ4n) is 11.8. The van der Waals surface area contributed by atoms with Crippen molar-refractivity contribution in [3.8, 4) is 0 Å². The van der Waals surface area contributed by atoms with Crippen LogP contribution in [-0.4, -0.2) is 473 Å². The standard InChI is InChI=1S/C8H17N3.C8H16N2.2C7H15N3.C7H14N2O.C7H14N2S.C7H16N2.C7H14N2.C6H13N3.C6H12N2O.C6H12N2S.C5H11N3.C5H9N3.2CH4/c1-4-10(2)8-9-6-5-7-11(8)3;1-3-10(2)8-6-4-5-7-9-8;1-4-9(2)7-8-5-6-10(7)3;1-3-10(2)7-8-5-4-6-9-7;2*1-3-9(2)7-8-5-4-6-10-7;1-3-9-6-4-8(2)5-7-9;1-3-9(2)7-5-4-6-8-7;1-3-9(2)6-7-4-5-8-6;2*1-3-8(2)6-7-4-5-9-6;1-2-8-4-3-7-5(8)6;1-2-8-4-3-5(6)7-8;;/h4-7H2,1-3H3;3-7H2,1-2H3;4-6H2,1-3H3;3-6H2,1-2H3,(H,8,9);2*3-6H2,1-2H3;3-7H2,1-2H3;3-6H2,1-2H3;3-5H2,1-2H3,(H,7,8);2*3-5H2,1-2H3;2-4H2,1H3,(H2,6,7);3-4H,2H2,1H3,(H2,6,7);2*1H4. The molecule has 1 fully saturated rings. The second kappa shape index (κ2) is 74.5. The van der Waals surface area contributed by atoms with Crippen LogP contribution in [0.3, 0.4) is 0 Å². The lowest BCUT2D eigenvalue weighted by molar-refractivity contribution is 0.160. The number of nitrogen functional groups attached to an aromatic ring is 1. The van der Waals surface area contributed by atoms with E-state index in [4.69, 9.17) is 20.9 Å². The second-order valence-electron chi connectivity index (χ2n) is 30.4. The van der Waals surface area contributed by atoms with Crippen LogP contribution in [0, 0.1) is 0 Å². The van der Waals surface area contributed by atoms with Crippen LogP contribution in [0.25, 0.3) is 0 Å². The average molecular weight is 1790 g/mol. The van der Waals surface area contributed by atoms with Gasteiger partial charge in [-0.25, -0.2) is 9.98 Å². The fourth-order valence-corrected chi connectivity index (χ4v) is 13.7. The summed E-state index contributed by atoms with van der Waals surface area (Å²) < 4.78 is 12.3. The highest BCUT2D eigenvalue weighted by atomic mass is 32.2. The predicted molar refractivity (Wildman–Crippen MR) is 545 cm³/mol. The van der Waals surface area contributed by atoms with E-state index >= 15 is 0 Å². The number of aromatic nitrogens is 2. The van der Waals surface area contributed by atoms with E-state index in [1.807, 2.05) is 67.6 Å². The Balaban J connectivity index is 0. The highest BCUT2D eigenvalue weighted by Crippen LogP contribution is 2.16. The number of hydrogen-bond acceptors (Lipinski definition) is 35. The molecule has 0 radical (unpaired) electrons. The number of amidine groups is 6. The molecule has 1 saturated heterocycles. The number of piperazine rings is 1. The van der Waals surface area contributed by atoms with E-state index < -0.39 is 0 Å². The number of hydrogen-bond donors (Lipinski definition) is 4. The molecule has 0 aromatic carbocycles. The monoisotopic (exact) mass is 1790 g/mol. The molecule has 0 unspecified atom stereocenters. The summed E-state index contributed by atoms with van der Waals surface area (Å²) in [4.78, 5) is 80.0. The van der Waals surface area contributed by atoms with E-state index in [0.717, 1.165) is 239 Å². The van der Waals surface area contributed by atoms with Crippen molar-refractivity contribution in [3.05, 3.63) is 12.3 Å². The Morgan fingerprint density at radius 1 is 0.371 bits per heavy atom. The number of rotatable bonds is 13. The number of likely N-dealkylation sites (N-methyl/N-ethyl adjacent to an activating group) is 4. The van der Waals surface area contributed by atoms with Gasteiger partial charge in [-0.05, 0) is 141 Å². The second-order valence-corrected chi connectivity index (χ2v) is 32.5. The first kappa shape index (κ1) is 118. The molecule has 1 aromatic rings. The van der Waals surface area contributed by atoms with Crippen LogP contribution in [-0.2, 0) is 16.0 Å². The molecule has 13 rings (SSSR count). The molecule has 34 nitrogen and oxygen atoms in total. The number of guanidine groups is 5. The Hall–Kier alpha value is -7.60. The van der Waals surface area contributed by atoms with Crippen molar-refractivity contribution < 1.29 is 9.47 Å². The van der Waals surface area contributed by atoms with Crippen molar-refractivity contribution in [3.63, 3.8) is 0 Å². The number of nitrogens with one attached hydrogen (secondary N) is 2. The third-order valence-electron chi connectivity index (χ3n) is 21.2. The van der Waals surface area contributed by atoms with E-state index in [0.29, 0.717) is 11.8 Å². The topological polar surface area (TPSA) is 297 Å². The van der Waals surface area contributed by atoms with E-state index in [1.54, 1.807) is 10.7 Å². The molecule has 0 atom stereocenters. The van der Waals surface area contributed by atoms with Crippen LogP contribution in [0.1, 0.15) is 163 Å². The molecule has 13 heterocycles. The molecule has 0 aliphatic carbocycles. The maximum Gasteiger partial charge on any atom is 0.287 e. The number of thioether (sulfide) groups is 2. The molecule has 0 saturated carbocycles. The SMILES string of the molecule is C.C.CCN(C)C1=NCCC1.CCN(C)C1=NCCCC1.CCN(C)C1=NCCCN1.CCN(C)C1=NCCCN1C.CCN(C)C1=NCCCO1.CCN(C)C1=NCCCS1.CCN(C)C1=NCCN1.CCN(C)C1=NCCN1C.CCN(C)C1=NCCO1.CCN(C)C1=NCCS1.CCN1CCN(C)CC1.CCN1CCN=C1N.CCn1ccc(N)n1. The highest BCUT2D eigenvalue weighted by Gasteiger charge is 2.19. The van der Waals surface area contributed by atoms with Gasteiger partial charge in [-0.15, -0.1) is 0 Å². The van der Waals surface area contributed by atoms with E-state index in [-0.39, 0.29) is 14.9 Å². The number of anilines is 1. The van der Waals surface area contributed by atoms with Crippen molar-refractivity contribution in [1.82, 2.24) is 93.9 Å². The summed E-state index contributed by atoms with van der Waals surface area (Å²) in [6.45, 7) is 63.4. The van der Waals surface area contributed by atoms with Gasteiger partial charge in [-0.2, -0.15) is 5.10 Å². The summed E-state index contributed by atoms with van der Waals surface area (Å²) in [7, 11) is 27.0. The Labute approximate surface area is 766 Å². The largest absolute Gasteiger partial charge is 0.465 e. The highest BCUT2D eigenvalue weighted by molar-refractivity contribution is 8.14. The number of aliphatic imine (C=N–C) groups is 11. The molecule has 6 N–H and O–H groups in total. The van der Waals surface area contributed by atoms with Crippen LogP contribution < -0.4 is 22.1 Å². The normalized spacial score (nSPS) is 17.5. The van der Waals surface area contributed by atoms with Gasteiger partial charge in [-0.1, -0.05) is 45.3 Å². The van der Waals surface area contributed by atoms with Crippen molar-refractivity contribution in [2.75, 3.05) is 332 Å². The molecule has 36 heteroatoms. The van der Waals surface area contributed by atoms with Gasteiger partial charge in [0.05, 0.1) is 51.0 Å². The van der Waals surface area contributed by atoms with Crippen LogP contribution in [0.4, 0.5) is 5.82 Å². The molecule has 0 amide bonds. The van der Waals surface area contributed by atoms with Crippen LogP contribution >= 0.6 is 23.5 Å². The Morgan fingerprint density at radius 2 is 0.831 bits per heavy atom. The minimum absolute atomic E-state index is 0. The third-order valence-corrected chi connectivity index (χ3v) is 23.5. The predicted octanol–water partition coefficient (Wildman–Crippen LogP) is 8.86. The summed E-state index contributed by atoms with van der Waals surface area (Å²) in [6, 6.07) is 3.37. The van der Waals surface area contributed by atoms with E-state index in [1.165, 1.54) is 118 Å². The zero-order valence-corrected chi connectivity index (χ0v) is 83.6. The van der Waals surface area contributed by atoms with Gasteiger partial charge < -0.3 is 105 Å². The molecule has 12 aliphatic rings. The quantitative estimate of drug-likeness (QED) is 0.143. The zero-order chi connectivity index (χ0) is 90.8. The van der Waals surface area contributed by atoms with Gasteiger partial charge in [0.1, 0.15) is 12.4 Å². The lowest BCUT2D eigenvalue weighted by Gasteiger charge is -2.31. The maximum absolute atomic E-state index is 5.47. The molecule has 0 bridgehead atoms. The first-order valence-electron chi connectivity index (χ1n) is 45.9. The smallest absolute Gasteiger partial charge is 0.287 e. The van der Waals surface area contributed by atoms with Crippen molar-refractivity contribution in [2.24, 2.45) is 60.7 Å². The average Bonchev–Trinajstić information content (AvgIpc) is 1.49. The Bertz CT molecular complexity index is 2930. The fraction of sp³-hybridized carbons (Fsp3) is 0.841. The summed E-state index contributed by atoms with van der Waals surface area (Å²) >= 11 is 3.72. The minimum Gasteiger partial charge on any atom is -0.465 e. The number of aryl methyl sites for hydroxylation is 1. The van der Waals surface area contributed by atoms with Crippen LogP contribution in [0.5, 0.6) is 0 Å². The van der Waals surface area contributed by atoms with Gasteiger partial charge in [0.15, 0.2) is 40.1 Å². The minimum atomic E-state index is 0. The molecule has 0 spiro atoms. The van der Waals surface area contributed by atoms with E-state index in [2.05, 4.69) is 288 Å². The van der Waals surface area contributed by atoms with Crippen LogP contribution in [0.15, 0.2) is 67.2 Å². The summed E-state index contributed by atoms with van der Waals surface area (Å²) in [5.74, 6) is 10.6. The maximum atomic E-state index is 5.47.